The van der Waals surface area contributed by atoms with Crippen molar-refractivity contribution < 1.29 is 9.63 Å². The van der Waals surface area contributed by atoms with Gasteiger partial charge in [0.15, 0.2) is 6.61 Å². The number of hydrogen-bond donors (Lipinski definition) is 2. The van der Waals surface area contributed by atoms with E-state index >= 15 is 0 Å². The van der Waals surface area contributed by atoms with Crippen molar-refractivity contribution in [1.82, 2.24) is 5.32 Å². The zero-order valence-corrected chi connectivity index (χ0v) is 12.2. The van der Waals surface area contributed by atoms with Crippen LogP contribution < -0.4 is 11.1 Å². The topological polar surface area (TPSA) is 76.7 Å². The molecule has 0 aromatic heterocycles. The van der Waals surface area contributed by atoms with Gasteiger partial charge in [-0.1, -0.05) is 38.3 Å². The van der Waals surface area contributed by atoms with Gasteiger partial charge in [-0.2, -0.15) is 0 Å². The summed E-state index contributed by atoms with van der Waals surface area (Å²) in [5.41, 5.74) is 5.69. The zero-order chi connectivity index (χ0) is 14.1. The summed E-state index contributed by atoms with van der Waals surface area (Å²) in [5, 5.41) is 6.73. The first-order valence-corrected chi connectivity index (χ1v) is 7.31. The Kier molecular flexibility index (Phi) is 7.30. The normalized spacial score (nSPS) is 17.5. The number of amides is 1. The highest BCUT2D eigenvalue weighted by Crippen LogP contribution is 2.17. The number of amidine groups is 1. The Morgan fingerprint density at radius 3 is 2.68 bits per heavy atom. The van der Waals surface area contributed by atoms with Crippen LogP contribution in [0.4, 0.5) is 0 Å². The number of nitrogens with one attached hydrogen (secondary N) is 1. The smallest absolute Gasteiger partial charge is 0.260 e. The fourth-order valence-corrected chi connectivity index (χ4v) is 2.17. The van der Waals surface area contributed by atoms with E-state index in [9.17, 15) is 4.79 Å². The maximum Gasteiger partial charge on any atom is 0.260 e. The average Bonchev–Trinajstić information content (AvgIpc) is 2.37. The van der Waals surface area contributed by atoms with Gasteiger partial charge in [0.2, 0.25) is 0 Å². The first-order valence-electron chi connectivity index (χ1n) is 7.31. The van der Waals surface area contributed by atoms with Crippen LogP contribution in [0.1, 0.15) is 58.8 Å². The molecule has 0 aromatic carbocycles. The highest BCUT2D eigenvalue weighted by atomic mass is 16.6. The molecule has 5 heteroatoms. The lowest BCUT2D eigenvalue weighted by atomic mass is 9.95. The molecule has 1 aliphatic rings. The third-order valence-electron chi connectivity index (χ3n) is 3.33. The van der Waals surface area contributed by atoms with E-state index in [0.717, 1.165) is 19.3 Å². The van der Waals surface area contributed by atoms with Gasteiger partial charge in [-0.15, -0.1) is 0 Å². The van der Waals surface area contributed by atoms with E-state index in [1.165, 1.54) is 19.3 Å². The van der Waals surface area contributed by atoms with Crippen molar-refractivity contribution in [2.24, 2.45) is 16.8 Å². The minimum atomic E-state index is -0.104. The standard InChI is InChI=1S/C14H27N3O2/c1-11(2)8-9-13(15)17-19-10-14(18)16-12-6-4-3-5-7-12/h11-12H,3-10H2,1-2H3,(H2,15,17)(H,16,18). The molecule has 0 spiro atoms. The molecule has 1 rings (SSSR count). The molecule has 0 bridgehead atoms. The summed E-state index contributed by atoms with van der Waals surface area (Å²) in [4.78, 5) is 16.6. The molecular weight excluding hydrogens is 242 g/mol. The van der Waals surface area contributed by atoms with Crippen LogP contribution in [0, 0.1) is 5.92 Å². The monoisotopic (exact) mass is 269 g/mol. The Morgan fingerprint density at radius 1 is 1.37 bits per heavy atom. The molecule has 0 aliphatic heterocycles. The van der Waals surface area contributed by atoms with Gasteiger partial charge in [0, 0.05) is 12.5 Å². The zero-order valence-electron chi connectivity index (χ0n) is 12.2. The van der Waals surface area contributed by atoms with Crippen LogP contribution in [0.2, 0.25) is 0 Å². The molecule has 0 radical (unpaired) electrons. The number of hydrogen-bond acceptors (Lipinski definition) is 3. The van der Waals surface area contributed by atoms with Crippen molar-refractivity contribution in [3.05, 3.63) is 0 Å². The van der Waals surface area contributed by atoms with Gasteiger partial charge in [0.1, 0.15) is 5.84 Å². The first-order chi connectivity index (χ1) is 9.08. The number of oxime groups is 1. The third-order valence-corrected chi connectivity index (χ3v) is 3.33. The minimum absolute atomic E-state index is 0.0428. The van der Waals surface area contributed by atoms with Gasteiger partial charge >= 0.3 is 0 Å². The number of rotatable bonds is 7. The molecule has 1 fully saturated rings. The van der Waals surface area contributed by atoms with Crippen LogP contribution in [0.5, 0.6) is 0 Å². The van der Waals surface area contributed by atoms with Gasteiger partial charge in [-0.3, -0.25) is 4.79 Å². The third kappa shape index (κ3) is 7.70. The van der Waals surface area contributed by atoms with Gasteiger partial charge in [-0.25, -0.2) is 0 Å². The number of carbonyl (C=O) groups is 1. The second-order valence-corrected chi connectivity index (χ2v) is 5.69. The number of carbonyl (C=O) groups excluding carboxylic acids is 1. The fraction of sp³-hybridized carbons (Fsp3) is 0.857. The van der Waals surface area contributed by atoms with Gasteiger partial charge in [0.25, 0.3) is 5.91 Å². The molecule has 1 saturated carbocycles. The summed E-state index contributed by atoms with van der Waals surface area (Å²) in [6, 6.07) is 0.312. The van der Waals surface area contributed by atoms with Crippen LogP contribution in [-0.4, -0.2) is 24.4 Å². The average molecular weight is 269 g/mol. The number of nitrogens with zero attached hydrogens (tertiary/aromatic N) is 1. The van der Waals surface area contributed by atoms with Crippen molar-refractivity contribution in [2.45, 2.75) is 64.8 Å². The van der Waals surface area contributed by atoms with E-state index in [2.05, 4.69) is 24.3 Å². The molecule has 0 heterocycles. The molecule has 1 aliphatic carbocycles. The van der Waals surface area contributed by atoms with Crippen molar-refractivity contribution in [1.29, 1.82) is 0 Å². The Balaban J connectivity index is 2.13. The summed E-state index contributed by atoms with van der Waals surface area (Å²) in [6.45, 7) is 4.22. The molecule has 5 nitrogen and oxygen atoms in total. The molecule has 0 unspecified atom stereocenters. The van der Waals surface area contributed by atoms with Crippen molar-refractivity contribution in [2.75, 3.05) is 6.61 Å². The largest absolute Gasteiger partial charge is 0.384 e. The summed E-state index contributed by atoms with van der Waals surface area (Å²) >= 11 is 0. The summed E-state index contributed by atoms with van der Waals surface area (Å²) in [6.07, 6.45) is 7.52. The second kappa shape index (κ2) is 8.77. The molecule has 1 amide bonds. The maximum absolute atomic E-state index is 11.6. The van der Waals surface area contributed by atoms with E-state index in [-0.39, 0.29) is 12.5 Å². The van der Waals surface area contributed by atoms with Crippen molar-refractivity contribution in [3.63, 3.8) is 0 Å². The molecule has 0 aromatic rings. The summed E-state index contributed by atoms with van der Waals surface area (Å²) < 4.78 is 0. The second-order valence-electron chi connectivity index (χ2n) is 5.69. The molecule has 19 heavy (non-hydrogen) atoms. The van der Waals surface area contributed by atoms with Gasteiger partial charge in [-0.05, 0) is 25.2 Å². The predicted octanol–water partition coefficient (Wildman–Crippen LogP) is 2.16. The van der Waals surface area contributed by atoms with Crippen LogP contribution >= 0.6 is 0 Å². The van der Waals surface area contributed by atoms with E-state index < -0.39 is 0 Å². The lowest BCUT2D eigenvalue weighted by molar-refractivity contribution is -0.126. The lowest BCUT2D eigenvalue weighted by Gasteiger charge is -2.22. The van der Waals surface area contributed by atoms with Crippen LogP contribution in [0.3, 0.4) is 0 Å². The molecule has 110 valence electrons. The van der Waals surface area contributed by atoms with Crippen LogP contribution in [0.25, 0.3) is 0 Å². The van der Waals surface area contributed by atoms with Gasteiger partial charge < -0.3 is 15.9 Å². The Labute approximate surface area is 115 Å². The highest BCUT2D eigenvalue weighted by Gasteiger charge is 2.15. The van der Waals surface area contributed by atoms with Crippen molar-refractivity contribution in [3.8, 4) is 0 Å². The molecular formula is C14H27N3O2. The molecule has 3 N–H and O–H groups in total. The lowest BCUT2D eigenvalue weighted by Crippen LogP contribution is -2.38. The van der Waals surface area contributed by atoms with E-state index in [4.69, 9.17) is 10.6 Å². The fourth-order valence-electron chi connectivity index (χ4n) is 2.17. The van der Waals surface area contributed by atoms with Crippen LogP contribution in [-0.2, 0) is 9.63 Å². The van der Waals surface area contributed by atoms with E-state index in [1.54, 1.807) is 0 Å². The maximum atomic E-state index is 11.6. The SMILES string of the molecule is CC(C)CC/C(N)=N/OCC(=O)NC1CCCCC1. The van der Waals surface area contributed by atoms with E-state index in [1.807, 2.05) is 0 Å². The predicted molar refractivity (Wildman–Crippen MR) is 76.7 cm³/mol. The quantitative estimate of drug-likeness (QED) is 0.422. The first kappa shape index (κ1) is 15.8. The van der Waals surface area contributed by atoms with Crippen molar-refractivity contribution >= 4 is 11.7 Å². The Bertz CT molecular complexity index is 297. The van der Waals surface area contributed by atoms with Crippen LogP contribution in [0.15, 0.2) is 5.16 Å². The summed E-state index contributed by atoms with van der Waals surface area (Å²) in [5.74, 6) is 0.940. The van der Waals surface area contributed by atoms with E-state index in [0.29, 0.717) is 24.2 Å². The molecule has 0 saturated heterocycles. The Morgan fingerprint density at radius 2 is 2.05 bits per heavy atom. The highest BCUT2D eigenvalue weighted by molar-refractivity contribution is 5.80. The number of nitrogens with two attached hydrogens (primary N) is 1. The summed E-state index contributed by atoms with van der Waals surface area (Å²) in [7, 11) is 0. The Hall–Kier alpha value is -1.26. The van der Waals surface area contributed by atoms with Gasteiger partial charge in [0.05, 0.1) is 0 Å². The minimum Gasteiger partial charge on any atom is -0.384 e. The molecule has 0 atom stereocenters.